The fourth-order valence-electron chi connectivity index (χ4n) is 4.23. The van der Waals surface area contributed by atoms with E-state index in [1.807, 2.05) is 65.7 Å². The third-order valence-corrected chi connectivity index (χ3v) is 8.65. The summed E-state index contributed by atoms with van der Waals surface area (Å²) in [5.74, 6) is 5.00. The van der Waals surface area contributed by atoms with Crippen molar-refractivity contribution in [2.45, 2.75) is 125 Å². The first-order chi connectivity index (χ1) is 21.6. The van der Waals surface area contributed by atoms with Crippen molar-refractivity contribution in [2.24, 2.45) is 23.3 Å². The molecule has 0 amide bonds. The number of pyridine rings is 1. The van der Waals surface area contributed by atoms with E-state index in [2.05, 4.69) is 81.8 Å². The molecule has 4 N–H and O–H groups in total. The molecule has 5 nitrogen and oxygen atoms in total. The van der Waals surface area contributed by atoms with E-state index in [0.717, 1.165) is 36.0 Å². The summed E-state index contributed by atoms with van der Waals surface area (Å²) in [5, 5.41) is 2.47. The summed E-state index contributed by atoms with van der Waals surface area (Å²) in [6.45, 7) is 34.8. The van der Waals surface area contributed by atoms with Crippen LogP contribution < -0.4 is 11.5 Å². The van der Waals surface area contributed by atoms with Crippen LogP contribution >= 0.6 is 11.8 Å². The quantitative estimate of drug-likeness (QED) is 0.227. The number of carbonyl (C=O) groups excluding carboxylic acids is 1. The summed E-state index contributed by atoms with van der Waals surface area (Å²) in [6.07, 6.45) is 8.16. The molecule has 2 heterocycles. The van der Waals surface area contributed by atoms with E-state index >= 15 is 0 Å². The molecule has 3 atom stereocenters. The number of aromatic nitrogens is 1. The zero-order valence-electron chi connectivity index (χ0n) is 31.5. The SMILES string of the molecule is C=C(N)C(C)(C)F.C=CC(N)c1cncc2cccc(C3CC3)c12.CC.CC.CC.CC1CN(C(=C=O)CSC(C)(C)C)C[C@@H]1C. The second-order valence-corrected chi connectivity index (χ2v) is 14.3. The zero-order chi connectivity index (χ0) is 36.3. The largest absolute Gasteiger partial charge is 0.400 e. The number of fused-ring (bicyclic) bond motifs is 1. The van der Waals surface area contributed by atoms with Crippen LogP contribution in [0.1, 0.15) is 126 Å². The number of nitrogens with zero attached hydrogens (tertiary/aromatic N) is 2. The van der Waals surface area contributed by atoms with Crippen molar-refractivity contribution in [2.75, 3.05) is 18.8 Å². The molecule has 1 aliphatic carbocycles. The van der Waals surface area contributed by atoms with E-state index in [1.165, 1.54) is 43.0 Å². The Labute approximate surface area is 286 Å². The molecule has 2 unspecified atom stereocenters. The average Bonchev–Trinajstić information content (AvgIpc) is 3.83. The summed E-state index contributed by atoms with van der Waals surface area (Å²) in [6, 6.07) is 6.30. The lowest BCUT2D eigenvalue weighted by Crippen LogP contribution is -2.23. The molecule has 46 heavy (non-hydrogen) atoms. The lowest BCUT2D eigenvalue weighted by Gasteiger charge is -2.23. The van der Waals surface area contributed by atoms with Crippen LogP contribution in [0, 0.1) is 11.8 Å². The molecule has 1 saturated heterocycles. The molecule has 1 aliphatic heterocycles. The lowest BCUT2D eigenvalue weighted by atomic mass is 9.95. The van der Waals surface area contributed by atoms with Gasteiger partial charge >= 0.3 is 0 Å². The number of hydrogen-bond donors (Lipinski definition) is 2. The van der Waals surface area contributed by atoms with Gasteiger partial charge in [0.1, 0.15) is 17.3 Å². The van der Waals surface area contributed by atoms with E-state index < -0.39 is 5.67 Å². The average molecular weight is 659 g/mol. The maximum Gasteiger partial charge on any atom is 0.146 e. The van der Waals surface area contributed by atoms with Crippen LogP contribution in [0.15, 0.2) is 61.2 Å². The van der Waals surface area contributed by atoms with Gasteiger partial charge in [-0.2, -0.15) is 0 Å². The van der Waals surface area contributed by atoms with Gasteiger partial charge in [0.2, 0.25) is 0 Å². The Kier molecular flexibility index (Phi) is 22.6. The highest BCUT2D eigenvalue weighted by Crippen LogP contribution is 2.44. The summed E-state index contributed by atoms with van der Waals surface area (Å²) < 4.78 is 12.5. The van der Waals surface area contributed by atoms with Gasteiger partial charge in [0.15, 0.2) is 0 Å². The Morgan fingerprint density at radius 3 is 1.96 bits per heavy atom. The van der Waals surface area contributed by atoms with Crippen LogP contribution in [0.4, 0.5) is 4.39 Å². The number of benzene rings is 1. The Bertz CT molecular complexity index is 1190. The van der Waals surface area contributed by atoms with E-state index in [9.17, 15) is 9.18 Å². The first-order valence-electron chi connectivity index (χ1n) is 17.1. The van der Waals surface area contributed by atoms with Crippen LogP contribution in [0.5, 0.6) is 0 Å². The minimum Gasteiger partial charge on any atom is -0.400 e. The smallest absolute Gasteiger partial charge is 0.146 e. The minimum atomic E-state index is -1.42. The number of rotatable bonds is 7. The van der Waals surface area contributed by atoms with Crippen molar-refractivity contribution in [3.63, 3.8) is 0 Å². The van der Waals surface area contributed by atoms with E-state index in [4.69, 9.17) is 11.5 Å². The van der Waals surface area contributed by atoms with Gasteiger partial charge in [-0.25, -0.2) is 9.18 Å². The van der Waals surface area contributed by atoms with E-state index in [1.54, 1.807) is 6.08 Å². The Morgan fingerprint density at radius 2 is 1.57 bits per heavy atom. The highest BCUT2D eigenvalue weighted by atomic mass is 32.2. The van der Waals surface area contributed by atoms with Crippen molar-refractivity contribution in [1.82, 2.24) is 9.88 Å². The fraction of sp³-hybridized carbons (Fsp3) is 0.615. The number of likely N-dealkylation sites (tertiary alicyclic amines) is 1. The maximum atomic E-state index is 12.3. The molecule has 2 aromatic rings. The summed E-state index contributed by atoms with van der Waals surface area (Å²) in [5.41, 5.74) is 13.1. The molecular formula is C39H67FN4OS. The zero-order valence-corrected chi connectivity index (χ0v) is 32.3. The van der Waals surface area contributed by atoms with Gasteiger partial charge in [0, 0.05) is 53.1 Å². The van der Waals surface area contributed by atoms with E-state index in [-0.39, 0.29) is 16.5 Å². The molecule has 1 aromatic heterocycles. The van der Waals surface area contributed by atoms with Crippen LogP contribution in [-0.4, -0.2) is 45.1 Å². The fourth-order valence-corrected chi connectivity index (χ4v) is 5.04. The third kappa shape index (κ3) is 16.3. The molecule has 0 bridgehead atoms. The highest BCUT2D eigenvalue weighted by Gasteiger charge is 2.29. The number of nitrogens with two attached hydrogens (primary N) is 2. The van der Waals surface area contributed by atoms with Gasteiger partial charge in [-0.3, -0.25) is 4.98 Å². The standard InChI is InChI=1S/C15H16N2.C13H23NOS.C5H10FN.3C2H6/c1-2-14(16)13-9-17-8-11-4-3-5-12(15(11)13)10-6-7-10;1-10-6-14(7-11(10)2)12(8-15)9-16-13(3,4)5;1-4(7)5(2,3)6;3*1-2/h2-5,8-10,14H,1,6-7,16H2;10-11H,6-7,9H2,1-5H3;1,7H2,2-3H3;3*1-2H3/t;10-,11?;;;;/m.0..../s1. The molecule has 7 heteroatoms. The molecule has 262 valence electrons. The predicted octanol–water partition coefficient (Wildman–Crippen LogP) is 10.4. The van der Waals surface area contributed by atoms with Gasteiger partial charge in [-0.15, -0.1) is 18.3 Å². The number of hydrogen-bond acceptors (Lipinski definition) is 6. The summed E-state index contributed by atoms with van der Waals surface area (Å²) in [4.78, 5) is 17.5. The lowest BCUT2D eigenvalue weighted by molar-refractivity contribution is 0.266. The summed E-state index contributed by atoms with van der Waals surface area (Å²) in [7, 11) is 0. The monoisotopic (exact) mass is 659 g/mol. The van der Waals surface area contributed by atoms with Crippen molar-refractivity contribution in [1.29, 1.82) is 0 Å². The van der Waals surface area contributed by atoms with Gasteiger partial charge in [-0.1, -0.05) is 107 Å². The molecule has 0 spiro atoms. The molecule has 1 saturated carbocycles. The number of alkyl halides is 1. The van der Waals surface area contributed by atoms with Crippen LogP contribution in [0.2, 0.25) is 0 Å². The molecule has 1 aromatic carbocycles. The van der Waals surface area contributed by atoms with Crippen molar-refractivity contribution < 1.29 is 9.18 Å². The van der Waals surface area contributed by atoms with Crippen LogP contribution in [0.25, 0.3) is 10.8 Å². The summed E-state index contributed by atoms with van der Waals surface area (Å²) >= 11 is 1.81. The molecule has 0 radical (unpaired) electrons. The topological polar surface area (TPSA) is 85.2 Å². The normalized spacial score (nSPS) is 17.3. The van der Waals surface area contributed by atoms with Gasteiger partial charge in [0.25, 0.3) is 0 Å². The van der Waals surface area contributed by atoms with Crippen molar-refractivity contribution in [3.05, 3.63) is 72.3 Å². The highest BCUT2D eigenvalue weighted by molar-refractivity contribution is 8.00. The minimum absolute atomic E-state index is 0.0764. The van der Waals surface area contributed by atoms with Crippen molar-refractivity contribution in [3.8, 4) is 0 Å². The maximum absolute atomic E-state index is 12.3. The van der Waals surface area contributed by atoms with Crippen LogP contribution in [-0.2, 0) is 4.79 Å². The van der Waals surface area contributed by atoms with Gasteiger partial charge in [0.05, 0.1) is 0 Å². The van der Waals surface area contributed by atoms with Gasteiger partial charge in [-0.05, 0) is 61.0 Å². The first-order valence-corrected chi connectivity index (χ1v) is 18.1. The molecule has 2 fully saturated rings. The Balaban J connectivity index is 0. The first kappa shape index (κ1) is 45.5. The predicted molar refractivity (Wildman–Crippen MR) is 205 cm³/mol. The molecule has 2 aliphatic rings. The second-order valence-electron chi connectivity index (χ2n) is 12.5. The number of halogens is 1. The Hall–Kier alpha value is -2.60. The Morgan fingerprint density at radius 1 is 1.07 bits per heavy atom. The number of thioether (sulfide) groups is 1. The van der Waals surface area contributed by atoms with Crippen molar-refractivity contribution >= 4 is 28.5 Å². The molecular weight excluding hydrogens is 592 g/mol. The van der Waals surface area contributed by atoms with E-state index in [0.29, 0.717) is 11.8 Å². The second kappa shape index (κ2) is 22.8. The number of allylic oxidation sites excluding steroid dienone is 1. The van der Waals surface area contributed by atoms with Crippen LogP contribution in [0.3, 0.4) is 0 Å². The molecule has 4 rings (SSSR count). The van der Waals surface area contributed by atoms with Gasteiger partial charge < -0.3 is 16.4 Å². The third-order valence-electron chi connectivity index (χ3n) is 7.37.